The Labute approximate surface area is 92.7 Å². The zero-order valence-corrected chi connectivity index (χ0v) is 8.80. The summed E-state index contributed by atoms with van der Waals surface area (Å²) in [6.07, 6.45) is 0. The quantitative estimate of drug-likeness (QED) is 0.804. The average molecular weight is 219 g/mol. The zero-order chi connectivity index (χ0) is 11.5. The van der Waals surface area contributed by atoms with Crippen molar-refractivity contribution in [1.29, 1.82) is 0 Å². The lowest BCUT2D eigenvalue weighted by Crippen LogP contribution is -1.98. The van der Waals surface area contributed by atoms with Crippen LogP contribution in [0, 0.1) is 18.6 Å². The molecule has 0 aromatic heterocycles. The molecule has 2 aromatic rings. The van der Waals surface area contributed by atoms with Gasteiger partial charge in [0.15, 0.2) is 0 Å². The maximum absolute atomic E-state index is 13.4. The van der Waals surface area contributed by atoms with Crippen molar-refractivity contribution in [1.82, 2.24) is 0 Å². The van der Waals surface area contributed by atoms with E-state index < -0.39 is 11.6 Å². The van der Waals surface area contributed by atoms with E-state index in [1.807, 2.05) is 25.1 Å². The van der Waals surface area contributed by atoms with E-state index in [0.29, 0.717) is 5.69 Å². The monoisotopic (exact) mass is 219 g/mol. The molecule has 0 aliphatic carbocycles. The molecule has 0 bridgehead atoms. The van der Waals surface area contributed by atoms with Crippen molar-refractivity contribution in [3.8, 4) is 0 Å². The first-order chi connectivity index (χ1) is 7.68. The number of hydrogen-bond donors (Lipinski definition) is 1. The van der Waals surface area contributed by atoms with Gasteiger partial charge in [0.05, 0.1) is 0 Å². The Bertz CT molecular complexity index is 489. The van der Waals surface area contributed by atoms with Crippen LogP contribution in [0.4, 0.5) is 20.2 Å². The molecule has 0 aliphatic heterocycles. The number of para-hydroxylation sites is 2. The van der Waals surface area contributed by atoms with E-state index in [2.05, 4.69) is 5.32 Å². The molecule has 0 spiro atoms. The lowest BCUT2D eigenvalue weighted by atomic mass is 10.2. The van der Waals surface area contributed by atoms with Crippen molar-refractivity contribution in [3.05, 3.63) is 59.7 Å². The topological polar surface area (TPSA) is 12.0 Å². The molecular formula is C13H11F2N. The van der Waals surface area contributed by atoms with Gasteiger partial charge in [-0.1, -0.05) is 24.3 Å². The van der Waals surface area contributed by atoms with E-state index in [1.165, 1.54) is 18.2 Å². The van der Waals surface area contributed by atoms with Crippen molar-refractivity contribution in [2.24, 2.45) is 0 Å². The standard InChI is InChI=1S/C13H11F2N/c1-9-5-2-3-8-12(9)16-13-10(14)6-4-7-11(13)15/h2-8,16H,1H3. The molecule has 0 fully saturated rings. The first-order valence-corrected chi connectivity index (χ1v) is 4.95. The fraction of sp³-hybridized carbons (Fsp3) is 0.0769. The number of hydrogen-bond acceptors (Lipinski definition) is 1. The summed E-state index contributed by atoms with van der Waals surface area (Å²) in [7, 11) is 0. The molecule has 0 unspecified atom stereocenters. The van der Waals surface area contributed by atoms with Crippen LogP contribution in [0.15, 0.2) is 42.5 Å². The van der Waals surface area contributed by atoms with Crippen LogP contribution in [0.5, 0.6) is 0 Å². The fourth-order valence-corrected chi connectivity index (χ4v) is 1.47. The Kier molecular flexibility index (Phi) is 2.86. The van der Waals surface area contributed by atoms with Crippen molar-refractivity contribution < 1.29 is 8.78 Å². The largest absolute Gasteiger partial charge is 0.351 e. The Balaban J connectivity index is 2.38. The maximum Gasteiger partial charge on any atom is 0.149 e. The fourth-order valence-electron chi connectivity index (χ4n) is 1.47. The van der Waals surface area contributed by atoms with Crippen LogP contribution in [-0.4, -0.2) is 0 Å². The van der Waals surface area contributed by atoms with E-state index in [-0.39, 0.29) is 5.69 Å². The van der Waals surface area contributed by atoms with Crippen molar-refractivity contribution >= 4 is 11.4 Å². The highest BCUT2D eigenvalue weighted by Gasteiger charge is 2.08. The molecule has 0 amide bonds. The molecule has 1 nitrogen and oxygen atoms in total. The normalized spacial score (nSPS) is 10.2. The zero-order valence-electron chi connectivity index (χ0n) is 8.80. The van der Waals surface area contributed by atoms with Gasteiger partial charge in [-0.25, -0.2) is 8.78 Å². The highest BCUT2D eigenvalue weighted by molar-refractivity contribution is 5.63. The van der Waals surface area contributed by atoms with Crippen LogP contribution in [0.25, 0.3) is 0 Å². The summed E-state index contributed by atoms with van der Waals surface area (Å²) >= 11 is 0. The van der Waals surface area contributed by atoms with Crippen molar-refractivity contribution in [3.63, 3.8) is 0 Å². The predicted octanol–water partition coefficient (Wildman–Crippen LogP) is 4.02. The molecule has 3 heteroatoms. The minimum atomic E-state index is -0.594. The van der Waals surface area contributed by atoms with Gasteiger partial charge in [0.1, 0.15) is 17.3 Å². The molecule has 0 radical (unpaired) electrons. The number of benzene rings is 2. The molecule has 0 saturated carbocycles. The van der Waals surface area contributed by atoms with Gasteiger partial charge in [0.2, 0.25) is 0 Å². The maximum atomic E-state index is 13.4. The number of halogens is 2. The van der Waals surface area contributed by atoms with Crippen molar-refractivity contribution in [2.75, 3.05) is 5.32 Å². The summed E-state index contributed by atoms with van der Waals surface area (Å²) in [5.74, 6) is -1.19. The van der Waals surface area contributed by atoms with Crippen LogP contribution in [0.1, 0.15) is 5.56 Å². The van der Waals surface area contributed by atoms with Crippen LogP contribution in [-0.2, 0) is 0 Å². The Morgan fingerprint density at radius 2 is 1.50 bits per heavy atom. The van der Waals surface area contributed by atoms with Gasteiger partial charge in [-0.2, -0.15) is 0 Å². The lowest BCUT2D eigenvalue weighted by Gasteiger charge is -2.10. The smallest absolute Gasteiger partial charge is 0.149 e. The van der Waals surface area contributed by atoms with Gasteiger partial charge in [0.25, 0.3) is 0 Å². The second-order valence-electron chi connectivity index (χ2n) is 3.54. The van der Waals surface area contributed by atoms with Crippen LogP contribution < -0.4 is 5.32 Å². The van der Waals surface area contributed by atoms with E-state index in [9.17, 15) is 8.78 Å². The van der Waals surface area contributed by atoms with Crippen LogP contribution >= 0.6 is 0 Å². The first-order valence-electron chi connectivity index (χ1n) is 4.95. The third-order valence-corrected chi connectivity index (χ3v) is 2.37. The van der Waals surface area contributed by atoms with Gasteiger partial charge < -0.3 is 5.32 Å². The molecule has 2 rings (SSSR count). The number of aryl methyl sites for hydroxylation is 1. The third kappa shape index (κ3) is 2.03. The molecular weight excluding hydrogens is 208 g/mol. The van der Waals surface area contributed by atoms with Crippen LogP contribution in [0.3, 0.4) is 0 Å². The number of anilines is 2. The summed E-state index contributed by atoms with van der Waals surface area (Å²) in [5.41, 5.74) is 1.52. The molecule has 2 aromatic carbocycles. The molecule has 16 heavy (non-hydrogen) atoms. The van der Waals surface area contributed by atoms with Gasteiger partial charge in [-0.3, -0.25) is 0 Å². The first kappa shape index (κ1) is 10.6. The van der Waals surface area contributed by atoms with Crippen LogP contribution in [0.2, 0.25) is 0 Å². The summed E-state index contributed by atoms with van der Waals surface area (Å²) in [6.45, 7) is 1.88. The van der Waals surface area contributed by atoms with E-state index >= 15 is 0 Å². The van der Waals surface area contributed by atoms with Gasteiger partial charge >= 0.3 is 0 Å². The minimum absolute atomic E-state index is 0.114. The number of rotatable bonds is 2. The summed E-state index contributed by atoms with van der Waals surface area (Å²) in [5, 5.41) is 2.76. The Hall–Kier alpha value is -1.90. The highest BCUT2D eigenvalue weighted by Crippen LogP contribution is 2.24. The van der Waals surface area contributed by atoms with Gasteiger partial charge in [0, 0.05) is 5.69 Å². The van der Waals surface area contributed by atoms with Crippen molar-refractivity contribution in [2.45, 2.75) is 6.92 Å². The average Bonchev–Trinajstić information content (AvgIpc) is 2.26. The Morgan fingerprint density at radius 3 is 2.12 bits per heavy atom. The molecule has 0 saturated heterocycles. The van der Waals surface area contributed by atoms with E-state index in [0.717, 1.165) is 5.56 Å². The molecule has 0 atom stereocenters. The van der Waals surface area contributed by atoms with E-state index in [1.54, 1.807) is 6.07 Å². The summed E-state index contributed by atoms with van der Waals surface area (Å²) in [6, 6.07) is 11.1. The second-order valence-corrected chi connectivity index (χ2v) is 3.54. The molecule has 0 aliphatic rings. The SMILES string of the molecule is Cc1ccccc1Nc1c(F)cccc1F. The predicted molar refractivity (Wildman–Crippen MR) is 60.8 cm³/mol. The summed E-state index contributed by atoms with van der Waals surface area (Å²) < 4.78 is 26.7. The van der Waals surface area contributed by atoms with E-state index in [4.69, 9.17) is 0 Å². The highest BCUT2D eigenvalue weighted by atomic mass is 19.1. The number of nitrogens with one attached hydrogen (secondary N) is 1. The lowest BCUT2D eigenvalue weighted by molar-refractivity contribution is 0.591. The third-order valence-electron chi connectivity index (χ3n) is 2.37. The van der Waals surface area contributed by atoms with Gasteiger partial charge in [-0.15, -0.1) is 0 Å². The molecule has 82 valence electrons. The summed E-state index contributed by atoms with van der Waals surface area (Å²) in [4.78, 5) is 0. The van der Waals surface area contributed by atoms with Gasteiger partial charge in [-0.05, 0) is 30.7 Å². The molecule has 0 heterocycles. The second kappa shape index (κ2) is 4.31. The Morgan fingerprint density at radius 1 is 0.875 bits per heavy atom. The minimum Gasteiger partial charge on any atom is -0.351 e. The molecule has 1 N–H and O–H groups in total.